The van der Waals surface area contributed by atoms with Gasteiger partial charge in [-0.05, 0) is 34.8 Å². The van der Waals surface area contributed by atoms with E-state index in [-0.39, 0.29) is 17.7 Å². The maximum absolute atomic E-state index is 12.1. The van der Waals surface area contributed by atoms with E-state index in [1.165, 1.54) is 11.3 Å². The maximum atomic E-state index is 12.1. The Hall–Kier alpha value is -1.41. The summed E-state index contributed by atoms with van der Waals surface area (Å²) < 4.78 is 0.873. The van der Waals surface area contributed by atoms with Crippen molar-refractivity contribution >= 4 is 45.1 Å². The van der Waals surface area contributed by atoms with Crippen LogP contribution in [0.15, 0.2) is 15.9 Å². The lowest BCUT2D eigenvalue weighted by Gasteiger charge is -2.28. The number of carbonyl (C=O) groups is 3. The van der Waals surface area contributed by atoms with E-state index in [2.05, 4.69) is 31.9 Å². The van der Waals surface area contributed by atoms with Crippen molar-refractivity contribution in [2.75, 3.05) is 6.54 Å². The Balaban J connectivity index is 1.66. The summed E-state index contributed by atoms with van der Waals surface area (Å²) in [5.41, 5.74) is -0.847. The number of hydrogen-bond donors (Lipinski definition) is 3. The minimum absolute atomic E-state index is 0.0729. The fourth-order valence-electron chi connectivity index (χ4n) is 3.06. The molecule has 0 aromatic carbocycles. The van der Waals surface area contributed by atoms with Crippen LogP contribution in [-0.4, -0.2) is 29.9 Å². The summed E-state index contributed by atoms with van der Waals surface area (Å²) in [5, 5.41) is 9.74. The highest BCUT2D eigenvalue weighted by Gasteiger charge is 2.54. The van der Waals surface area contributed by atoms with Crippen LogP contribution in [-0.2, 0) is 4.79 Å². The second-order valence-electron chi connectivity index (χ2n) is 5.31. The van der Waals surface area contributed by atoms with Gasteiger partial charge in [0.05, 0.1) is 4.88 Å². The van der Waals surface area contributed by atoms with Gasteiger partial charge in [0.2, 0.25) is 0 Å². The number of nitrogens with one attached hydrogen (secondary N) is 3. The van der Waals surface area contributed by atoms with Crippen molar-refractivity contribution in [1.82, 2.24) is 16.0 Å². The van der Waals surface area contributed by atoms with Gasteiger partial charge in [-0.1, -0.05) is 6.42 Å². The molecule has 1 saturated heterocycles. The topological polar surface area (TPSA) is 87.3 Å². The molecule has 2 fully saturated rings. The smallest absolute Gasteiger partial charge is 0.322 e. The number of hydrogen-bond acceptors (Lipinski definition) is 4. The summed E-state index contributed by atoms with van der Waals surface area (Å²) >= 11 is 4.67. The average molecular weight is 372 g/mol. The van der Waals surface area contributed by atoms with E-state index in [1.807, 2.05) is 5.38 Å². The third-order valence-electron chi connectivity index (χ3n) is 4.09. The van der Waals surface area contributed by atoms with Gasteiger partial charge in [-0.3, -0.25) is 14.9 Å². The highest BCUT2D eigenvalue weighted by atomic mass is 79.9. The number of amides is 4. The molecule has 1 aromatic rings. The highest BCUT2D eigenvalue weighted by Crippen LogP contribution is 2.37. The largest absolute Gasteiger partial charge is 0.351 e. The summed E-state index contributed by atoms with van der Waals surface area (Å²) in [7, 11) is 0. The number of halogens is 1. The molecule has 1 aliphatic heterocycles. The van der Waals surface area contributed by atoms with E-state index >= 15 is 0 Å². The van der Waals surface area contributed by atoms with E-state index in [9.17, 15) is 14.4 Å². The molecule has 2 heterocycles. The molecule has 2 atom stereocenters. The number of imide groups is 1. The van der Waals surface area contributed by atoms with Crippen LogP contribution >= 0.6 is 27.3 Å². The molecule has 2 unspecified atom stereocenters. The third-order valence-corrected chi connectivity index (χ3v) is 5.78. The standard InChI is InChI=1S/C13H14BrN3O3S/c14-8-4-9(21-6-8)10(18)15-5-7-2-1-3-13(7)11(19)16-12(20)17-13/h4,6-7H,1-3,5H2,(H,15,18)(H2,16,17,19,20). The van der Waals surface area contributed by atoms with Crippen molar-refractivity contribution < 1.29 is 14.4 Å². The summed E-state index contributed by atoms with van der Waals surface area (Å²) in [5.74, 6) is -0.503. The van der Waals surface area contributed by atoms with E-state index in [4.69, 9.17) is 0 Å². The normalized spacial score (nSPS) is 27.8. The van der Waals surface area contributed by atoms with Crippen LogP contribution in [0.2, 0.25) is 0 Å². The van der Waals surface area contributed by atoms with Gasteiger partial charge in [0.1, 0.15) is 5.54 Å². The van der Waals surface area contributed by atoms with Gasteiger partial charge in [-0.25, -0.2) is 4.79 Å². The van der Waals surface area contributed by atoms with Crippen molar-refractivity contribution in [3.8, 4) is 0 Å². The number of rotatable bonds is 3. The average Bonchev–Trinajstić information content (AvgIpc) is 3.09. The molecule has 1 aromatic heterocycles. The Kier molecular flexibility index (Phi) is 3.75. The van der Waals surface area contributed by atoms with Crippen LogP contribution in [0.4, 0.5) is 4.79 Å². The first-order valence-corrected chi connectivity index (χ1v) is 8.34. The molecule has 0 bridgehead atoms. The quantitative estimate of drug-likeness (QED) is 0.705. The maximum Gasteiger partial charge on any atom is 0.322 e. The van der Waals surface area contributed by atoms with Gasteiger partial charge in [0.15, 0.2) is 0 Å². The zero-order chi connectivity index (χ0) is 15.0. The monoisotopic (exact) mass is 371 g/mol. The second kappa shape index (κ2) is 5.42. The lowest BCUT2D eigenvalue weighted by atomic mass is 9.87. The molecule has 1 spiro atoms. The van der Waals surface area contributed by atoms with Crippen LogP contribution < -0.4 is 16.0 Å². The van der Waals surface area contributed by atoms with E-state index in [0.29, 0.717) is 17.8 Å². The summed E-state index contributed by atoms with van der Waals surface area (Å²) in [6, 6.07) is 1.31. The van der Waals surface area contributed by atoms with Gasteiger partial charge in [-0.15, -0.1) is 11.3 Å². The van der Waals surface area contributed by atoms with Gasteiger partial charge >= 0.3 is 6.03 Å². The molecule has 1 saturated carbocycles. The Morgan fingerprint density at radius 1 is 1.52 bits per heavy atom. The van der Waals surface area contributed by atoms with Crippen molar-refractivity contribution in [2.24, 2.45) is 5.92 Å². The van der Waals surface area contributed by atoms with Crippen LogP contribution in [0, 0.1) is 5.92 Å². The van der Waals surface area contributed by atoms with E-state index in [0.717, 1.165) is 17.3 Å². The minimum atomic E-state index is -0.847. The second-order valence-corrected chi connectivity index (χ2v) is 7.13. The van der Waals surface area contributed by atoms with E-state index in [1.54, 1.807) is 6.07 Å². The number of thiophene rings is 1. The first kappa shape index (κ1) is 14.5. The predicted octanol–water partition coefficient (Wildman–Crippen LogP) is 1.62. The molecule has 3 rings (SSSR count). The summed E-state index contributed by atoms with van der Waals surface area (Å²) in [6.45, 7) is 0.377. The minimum Gasteiger partial charge on any atom is -0.351 e. The molecule has 1 aliphatic carbocycles. The van der Waals surface area contributed by atoms with Crippen molar-refractivity contribution in [1.29, 1.82) is 0 Å². The van der Waals surface area contributed by atoms with Crippen molar-refractivity contribution in [2.45, 2.75) is 24.8 Å². The molecule has 8 heteroatoms. The first-order chi connectivity index (χ1) is 10.0. The van der Waals surface area contributed by atoms with Gasteiger partial charge < -0.3 is 10.6 Å². The molecule has 3 N–H and O–H groups in total. The van der Waals surface area contributed by atoms with Crippen LogP contribution in [0.1, 0.15) is 28.9 Å². The molecular weight excluding hydrogens is 358 g/mol. The van der Waals surface area contributed by atoms with Gasteiger partial charge in [0, 0.05) is 22.3 Å². The van der Waals surface area contributed by atoms with Crippen molar-refractivity contribution in [3.05, 3.63) is 20.8 Å². The Bertz CT molecular complexity index is 618. The van der Waals surface area contributed by atoms with E-state index < -0.39 is 11.6 Å². The van der Waals surface area contributed by atoms with Crippen LogP contribution in [0.5, 0.6) is 0 Å². The summed E-state index contributed by atoms with van der Waals surface area (Å²) in [6.07, 6.45) is 2.29. The van der Waals surface area contributed by atoms with Gasteiger partial charge in [0.25, 0.3) is 11.8 Å². The zero-order valence-electron chi connectivity index (χ0n) is 11.1. The van der Waals surface area contributed by atoms with Crippen molar-refractivity contribution in [3.63, 3.8) is 0 Å². The molecule has 112 valence electrons. The highest BCUT2D eigenvalue weighted by molar-refractivity contribution is 9.10. The Morgan fingerprint density at radius 3 is 2.95 bits per heavy atom. The SMILES string of the molecule is O=C1NC(=O)C2(CCCC2CNC(=O)c2cc(Br)cs2)N1. The van der Waals surface area contributed by atoms with Gasteiger partial charge in [-0.2, -0.15) is 0 Å². The fourth-order valence-corrected chi connectivity index (χ4v) is 4.40. The first-order valence-electron chi connectivity index (χ1n) is 6.67. The van der Waals surface area contributed by atoms with Crippen LogP contribution in [0.25, 0.3) is 0 Å². The molecule has 2 aliphatic rings. The predicted molar refractivity (Wildman–Crippen MR) is 81.1 cm³/mol. The molecular formula is C13H14BrN3O3S. The zero-order valence-corrected chi connectivity index (χ0v) is 13.5. The lowest BCUT2D eigenvalue weighted by Crippen LogP contribution is -2.53. The lowest BCUT2D eigenvalue weighted by molar-refractivity contribution is -0.125. The summed E-state index contributed by atoms with van der Waals surface area (Å²) in [4.78, 5) is 36.1. The number of urea groups is 1. The third kappa shape index (κ3) is 2.57. The molecule has 0 radical (unpaired) electrons. The Labute approximate surface area is 133 Å². The van der Waals surface area contributed by atoms with Crippen LogP contribution in [0.3, 0.4) is 0 Å². The molecule has 6 nitrogen and oxygen atoms in total. The number of carbonyl (C=O) groups excluding carboxylic acids is 3. The fraction of sp³-hybridized carbons (Fsp3) is 0.462. The molecule has 4 amide bonds. The Morgan fingerprint density at radius 2 is 2.33 bits per heavy atom. The molecule has 21 heavy (non-hydrogen) atoms.